The molecule has 8 heteroatoms. The monoisotopic (exact) mass is 330 g/mol. The molecule has 0 aliphatic rings. The second kappa shape index (κ2) is 5.66. The van der Waals surface area contributed by atoms with Crippen LogP contribution in [0.3, 0.4) is 0 Å². The van der Waals surface area contributed by atoms with Gasteiger partial charge < -0.3 is 4.74 Å². The molecule has 0 aromatic carbocycles. The number of aryl methyl sites for hydroxylation is 1. The average molecular weight is 331 g/mol. The lowest BCUT2D eigenvalue weighted by atomic mass is 10.4. The summed E-state index contributed by atoms with van der Waals surface area (Å²) < 4.78 is 7.21. The van der Waals surface area contributed by atoms with E-state index in [9.17, 15) is 4.79 Å². The Kier molecular flexibility index (Phi) is 4.18. The van der Waals surface area contributed by atoms with Gasteiger partial charge in [-0.25, -0.2) is 14.6 Å². The van der Waals surface area contributed by atoms with Gasteiger partial charge >= 0.3 is 5.97 Å². The highest BCUT2D eigenvalue weighted by molar-refractivity contribution is 9.10. The molecule has 0 radical (unpaired) electrons. The molecule has 0 saturated heterocycles. The number of thioether (sulfide) groups is 1. The maximum absolute atomic E-state index is 11.3. The summed E-state index contributed by atoms with van der Waals surface area (Å²) >= 11 is 4.68. The highest BCUT2D eigenvalue weighted by atomic mass is 79.9. The lowest BCUT2D eigenvalue weighted by Crippen LogP contribution is -2.06. The molecule has 0 unspecified atom stereocenters. The smallest absolute Gasteiger partial charge is 0.316 e. The van der Waals surface area contributed by atoms with Gasteiger partial charge in [0, 0.05) is 7.05 Å². The van der Waals surface area contributed by atoms with E-state index < -0.39 is 0 Å². The summed E-state index contributed by atoms with van der Waals surface area (Å²) in [6.07, 6.45) is 1.46. The molecule has 2 aromatic rings. The van der Waals surface area contributed by atoms with Crippen molar-refractivity contribution in [2.75, 3.05) is 12.4 Å². The number of esters is 1. The summed E-state index contributed by atoms with van der Waals surface area (Å²) in [7, 11) is 1.81. The van der Waals surface area contributed by atoms with Crippen molar-refractivity contribution in [1.29, 1.82) is 0 Å². The first-order valence-corrected chi connectivity index (χ1v) is 7.03. The van der Waals surface area contributed by atoms with E-state index in [1.165, 1.54) is 18.1 Å². The van der Waals surface area contributed by atoms with E-state index in [-0.39, 0.29) is 11.7 Å². The highest BCUT2D eigenvalue weighted by Gasteiger charge is 2.14. The minimum absolute atomic E-state index is 0.223. The number of aromatic nitrogens is 4. The van der Waals surface area contributed by atoms with Crippen molar-refractivity contribution in [3.63, 3.8) is 0 Å². The van der Waals surface area contributed by atoms with Gasteiger partial charge in [0.2, 0.25) is 0 Å². The van der Waals surface area contributed by atoms with Crippen LogP contribution >= 0.6 is 27.7 Å². The molecule has 0 aliphatic heterocycles. The molecule has 0 saturated carbocycles. The van der Waals surface area contributed by atoms with Gasteiger partial charge in [-0.1, -0.05) is 11.8 Å². The van der Waals surface area contributed by atoms with Gasteiger partial charge in [0.05, 0.1) is 17.7 Å². The minimum atomic E-state index is -0.255. The molecule has 2 heterocycles. The first kappa shape index (κ1) is 13.3. The Morgan fingerprint density at radius 2 is 2.33 bits per heavy atom. The van der Waals surface area contributed by atoms with Crippen LogP contribution < -0.4 is 0 Å². The van der Waals surface area contributed by atoms with Gasteiger partial charge in [-0.2, -0.15) is 5.10 Å². The number of fused-ring (bicyclic) bond motifs is 1. The molecular formula is C10H11BrN4O2S. The van der Waals surface area contributed by atoms with Crippen molar-refractivity contribution in [1.82, 2.24) is 19.7 Å². The quantitative estimate of drug-likeness (QED) is 0.483. The van der Waals surface area contributed by atoms with Gasteiger partial charge in [-0.15, -0.1) is 0 Å². The van der Waals surface area contributed by atoms with Crippen molar-refractivity contribution in [2.45, 2.75) is 11.9 Å². The number of halogens is 1. The summed E-state index contributed by atoms with van der Waals surface area (Å²) in [4.78, 5) is 19.7. The van der Waals surface area contributed by atoms with Crippen molar-refractivity contribution in [3.05, 3.63) is 10.9 Å². The van der Waals surface area contributed by atoms with E-state index in [4.69, 9.17) is 4.74 Å². The molecule has 0 spiro atoms. The number of ether oxygens (including phenoxy) is 1. The highest BCUT2D eigenvalue weighted by Crippen LogP contribution is 2.29. The van der Waals surface area contributed by atoms with Crippen molar-refractivity contribution in [3.8, 4) is 0 Å². The first-order valence-electron chi connectivity index (χ1n) is 5.25. The Hall–Kier alpha value is -1.15. The van der Waals surface area contributed by atoms with Crippen LogP contribution in [0.15, 0.2) is 16.0 Å². The molecule has 2 rings (SSSR count). The zero-order valence-electron chi connectivity index (χ0n) is 9.88. The minimum Gasteiger partial charge on any atom is -0.465 e. The van der Waals surface area contributed by atoms with Crippen LogP contribution in [0.2, 0.25) is 0 Å². The van der Waals surface area contributed by atoms with Gasteiger partial charge in [-0.3, -0.25) is 4.79 Å². The number of carbonyl (C=O) groups excluding carboxylic acids is 1. The predicted octanol–water partition coefficient (Wildman–Crippen LogP) is 1.78. The fourth-order valence-corrected chi connectivity index (χ4v) is 2.98. The lowest BCUT2D eigenvalue weighted by Gasteiger charge is -2.02. The molecule has 6 nitrogen and oxygen atoms in total. The van der Waals surface area contributed by atoms with Crippen molar-refractivity contribution in [2.24, 2.45) is 7.05 Å². The van der Waals surface area contributed by atoms with Crippen LogP contribution in [-0.2, 0) is 16.6 Å². The Morgan fingerprint density at radius 3 is 3.06 bits per heavy atom. The van der Waals surface area contributed by atoms with Gasteiger partial charge in [0.25, 0.3) is 0 Å². The molecule has 96 valence electrons. The van der Waals surface area contributed by atoms with Crippen LogP contribution in [0.5, 0.6) is 0 Å². The zero-order valence-corrected chi connectivity index (χ0v) is 12.3. The van der Waals surface area contributed by atoms with Gasteiger partial charge in [0.15, 0.2) is 5.65 Å². The van der Waals surface area contributed by atoms with Crippen LogP contribution in [0.25, 0.3) is 11.0 Å². The van der Waals surface area contributed by atoms with Gasteiger partial charge in [0.1, 0.15) is 16.0 Å². The lowest BCUT2D eigenvalue weighted by molar-refractivity contribution is -0.139. The molecule has 2 aromatic heterocycles. The molecule has 0 fully saturated rings. The predicted molar refractivity (Wildman–Crippen MR) is 71.4 cm³/mol. The summed E-state index contributed by atoms with van der Waals surface area (Å²) in [5.74, 6) is -0.0318. The van der Waals surface area contributed by atoms with E-state index in [2.05, 4.69) is 31.0 Å². The summed E-state index contributed by atoms with van der Waals surface area (Å²) in [6.45, 7) is 2.17. The maximum Gasteiger partial charge on any atom is 0.316 e. The van der Waals surface area contributed by atoms with Crippen LogP contribution in [0, 0.1) is 0 Å². The number of hydrogen-bond acceptors (Lipinski definition) is 6. The molecule has 0 N–H and O–H groups in total. The molecule has 0 aliphatic carbocycles. The van der Waals surface area contributed by atoms with Crippen LogP contribution in [0.1, 0.15) is 6.92 Å². The third-order valence-corrected chi connectivity index (χ3v) is 3.69. The fourth-order valence-electron chi connectivity index (χ4n) is 1.46. The van der Waals surface area contributed by atoms with E-state index >= 15 is 0 Å². The third kappa shape index (κ3) is 2.64. The second-order valence-corrected chi connectivity index (χ2v) is 5.10. The fraction of sp³-hybridized carbons (Fsp3) is 0.400. The van der Waals surface area contributed by atoms with E-state index in [0.717, 1.165) is 11.0 Å². The van der Waals surface area contributed by atoms with Crippen LogP contribution in [0.4, 0.5) is 0 Å². The zero-order chi connectivity index (χ0) is 13.1. The van der Waals surface area contributed by atoms with E-state index in [0.29, 0.717) is 16.2 Å². The Balaban J connectivity index is 2.26. The van der Waals surface area contributed by atoms with Crippen molar-refractivity contribution < 1.29 is 9.53 Å². The standard InChI is InChI=1S/C10H11BrN4O2S/c1-3-17-6(16)4-18-10-7-8(11)14-15(2)9(7)12-5-13-10/h5H,3-4H2,1-2H3. The summed E-state index contributed by atoms with van der Waals surface area (Å²) in [5, 5.41) is 5.75. The summed E-state index contributed by atoms with van der Waals surface area (Å²) in [6, 6.07) is 0. The molecular weight excluding hydrogens is 320 g/mol. The number of rotatable bonds is 4. The topological polar surface area (TPSA) is 69.9 Å². The second-order valence-electron chi connectivity index (χ2n) is 3.39. The number of nitrogens with zero attached hydrogens (tertiary/aromatic N) is 4. The third-order valence-electron chi connectivity index (χ3n) is 2.18. The average Bonchev–Trinajstić information content (AvgIpc) is 2.64. The Morgan fingerprint density at radius 1 is 1.56 bits per heavy atom. The van der Waals surface area contributed by atoms with E-state index in [1.807, 2.05) is 0 Å². The summed E-state index contributed by atoms with van der Waals surface area (Å²) in [5.41, 5.74) is 0.725. The maximum atomic E-state index is 11.3. The number of hydrogen-bond donors (Lipinski definition) is 0. The van der Waals surface area contributed by atoms with E-state index in [1.54, 1.807) is 18.7 Å². The first-order chi connectivity index (χ1) is 8.63. The SMILES string of the molecule is CCOC(=O)CSc1ncnc2c1c(Br)nn2C. The molecule has 18 heavy (non-hydrogen) atoms. The Labute approximate surface area is 116 Å². The van der Waals surface area contributed by atoms with Crippen LogP contribution in [-0.4, -0.2) is 38.1 Å². The number of carbonyl (C=O) groups is 1. The largest absolute Gasteiger partial charge is 0.465 e. The van der Waals surface area contributed by atoms with Gasteiger partial charge in [-0.05, 0) is 22.9 Å². The molecule has 0 bridgehead atoms. The Bertz CT molecular complexity index is 587. The molecule has 0 atom stereocenters. The normalized spacial score (nSPS) is 10.8. The molecule has 0 amide bonds. The van der Waals surface area contributed by atoms with Crippen molar-refractivity contribution >= 4 is 44.7 Å².